The van der Waals surface area contributed by atoms with Crippen LogP contribution >= 0.6 is 0 Å². The normalized spacial score (nSPS) is 13.6. The molecule has 1 saturated heterocycles. The van der Waals surface area contributed by atoms with Crippen LogP contribution in [-0.4, -0.2) is 48.0 Å². The van der Waals surface area contributed by atoms with Gasteiger partial charge in [0, 0.05) is 35.3 Å². The Morgan fingerprint density at radius 1 is 0.861 bits per heavy atom. The second kappa shape index (κ2) is 9.74. The topological polar surface area (TPSA) is 84.4 Å². The van der Waals surface area contributed by atoms with Crippen molar-refractivity contribution in [3.8, 4) is 0 Å². The molecule has 5 rings (SSSR count). The number of rotatable bonds is 5. The van der Waals surface area contributed by atoms with Crippen LogP contribution in [0.2, 0.25) is 0 Å². The fraction of sp³-hybridized carbons (Fsp3) is 0.154. The van der Waals surface area contributed by atoms with Gasteiger partial charge in [-0.05, 0) is 48.5 Å². The molecule has 1 amide bonds. The zero-order chi connectivity index (χ0) is 25.2. The van der Waals surface area contributed by atoms with Crippen LogP contribution in [0.1, 0.15) is 26.4 Å². The monoisotopic (exact) mass is 492 g/mol. The highest BCUT2D eigenvalue weighted by Crippen LogP contribution is 2.23. The fourth-order valence-corrected chi connectivity index (χ4v) is 3.92. The fourth-order valence-electron chi connectivity index (χ4n) is 3.92. The van der Waals surface area contributed by atoms with Gasteiger partial charge in [-0.1, -0.05) is 0 Å². The lowest BCUT2D eigenvalue weighted by Crippen LogP contribution is -2.36. The van der Waals surface area contributed by atoms with Crippen molar-refractivity contribution in [1.29, 1.82) is 0 Å². The summed E-state index contributed by atoms with van der Waals surface area (Å²) in [5, 5.41) is 3.09. The standard InChI is InChI=1S/C26H19F3N4O3/c27-18-7-17(8-19(12-18)32-26(35)15-1-2-21(28)22(29)10-15)25(34)23-11-16-9-20(13-30-24(16)14-31-23)33-3-5-36-6-4-33/h1-2,7-14H,3-6H2,(H,32,35). The minimum atomic E-state index is -1.19. The molecule has 0 spiro atoms. The molecule has 10 heteroatoms. The summed E-state index contributed by atoms with van der Waals surface area (Å²) in [7, 11) is 0. The molecule has 0 radical (unpaired) electrons. The molecule has 0 unspecified atom stereocenters. The quantitative estimate of drug-likeness (QED) is 0.417. The molecule has 1 fully saturated rings. The second-order valence-corrected chi connectivity index (χ2v) is 8.20. The number of benzene rings is 2. The van der Waals surface area contributed by atoms with E-state index < -0.39 is 29.1 Å². The van der Waals surface area contributed by atoms with E-state index in [2.05, 4.69) is 20.2 Å². The summed E-state index contributed by atoms with van der Waals surface area (Å²) in [5.74, 6) is -4.40. The number of carbonyl (C=O) groups excluding carboxylic acids is 2. The van der Waals surface area contributed by atoms with E-state index in [4.69, 9.17) is 4.74 Å². The number of anilines is 2. The number of amides is 1. The van der Waals surface area contributed by atoms with Crippen LogP contribution in [0.15, 0.2) is 60.9 Å². The Morgan fingerprint density at radius 2 is 1.67 bits per heavy atom. The predicted molar refractivity (Wildman–Crippen MR) is 127 cm³/mol. The highest BCUT2D eigenvalue weighted by Gasteiger charge is 2.17. The number of carbonyl (C=O) groups is 2. The molecule has 7 nitrogen and oxygen atoms in total. The van der Waals surface area contributed by atoms with Gasteiger partial charge in [-0.3, -0.25) is 19.6 Å². The number of nitrogens with one attached hydrogen (secondary N) is 1. The molecular formula is C26H19F3N4O3. The first kappa shape index (κ1) is 23.4. The number of hydrogen-bond donors (Lipinski definition) is 1. The van der Waals surface area contributed by atoms with Gasteiger partial charge in [0.25, 0.3) is 5.91 Å². The summed E-state index contributed by atoms with van der Waals surface area (Å²) in [6, 6.07) is 9.47. The number of ketones is 1. The van der Waals surface area contributed by atoms with Crippen LogP contribution < -0.4 is 10.2 Å². The van der Waals surface area contributed by atoms with Crippen LogP contribution in [0.5, 0.6) is 0 Å². The first-order valence-corrected chi connectivity index (χ1v) is 11.1. The summed E-state index contributed by atoms with van der Waals surface area (Å²) in [6.45, 7) is 2.69. The van der Waals surface area contributed by atoms with E-state index >= 15 is 0 Å². The van der Waals surface area contributed by atoms with Gasteiger partial charge in [-0.15, -0.1) is 0 Å². The van der Waals surface area contributed by atoms with E-state index in [1.807, 2.05) is 6.07 Å². The Morgan fingerprint density at radius 3 is 2.44 bits per heavy atom. The number of halogens is 3. The van der Waals surface area contributed by atoms with Crippen molar-refractivity contribution < 1.29 is 27.5 Å². The van der Waals surface area contributed by atoms with Gasteiger partial charge in [0.15, 0.2) is 11.6 Å². The number of ether oxygens (including phenoxy) is 1. The number of pyridine rings is 2. The lowest BCUT2D eigenvalue weighted by molar-refractivity contribution is 0.101. The van der Waals surface area contributed by atoms with Crippen molar-refractivity contribution in [3.63, 3.8) is 0 Å². The zero-order valence-corrected chi connectivity index (χ0v) is 18.8. The summed E-state index contributed by atoms with van der Waals surface area (Å²) in [5.41, 5.74) is 1.34. The van der Waals surface area contributed by atoms with Crippen LogP contribution in [0.25, 0.3) is 10.9 Å². The molecule has 1 N–H and O–H groups in total. The van der Waals surface area contributed by atoms with Gasteiger partial charge < -0.3 is 15.0 Å². The van der Waals surface area contributed by atoms with Crippen LogP contribution in [0.4, 0.5) is 24.5 Å². The predicted octanol–water partition coefficient (Wildman–Crippen LogP) is 4.37. The van der Waals surface area contributed by atoms with Crippen molar-refractivity contribution in [3.05, 3.63) is 95.2 Å². The third-order valence-electron chi connectivity index (χ3n) is 5.76. The van der Waals surface area contributed by atoms with E-state index in [-0.39, 0.29) is 22.5 Å². The van der Waals surface area contributed by atoms with Crippen LogP contribution in [0, 0.1) is 17.5 Å². The third-order valence-corrected chi connectivity index (χ3v) is 5.76. The number of aromatic nitrogens is 2. The van der Waals surface area contributed by atoms with Gasteiger partial charge >= 0.3 is 0 Å². The number of nitrogens with zero attached hydrogens (tertiary/aromatic N) is 3. The molecule has 2 aromatic carbocycles. The first-order chi connectivity index (χ1) is 17.4. The van der Waals surface area contributed by atoms with Crippen molar-refractivity contribution in [2.45, 2.75) is 0 Å². The molecule has 36 heavy (non-hydrogen) atoms. The lowest BCUT2D eigenvalue weighted by atomic mass is 10.0. The van der Waals surface area contributed by atoms with Gasteiger partial charge in [0.1, 0.15) is 11.5 Å². The van der Waals surface area contributed by atoms with E-state index in [9.17, 15) is 22.8 Å². The maximum Gasteiger partial charge on any atom is 0.255 e. The molecule has 0 atom stereocenters. The smallest absolute Gasteiger partial charge is 0.255 e. The van der Waals surface area contributed by atoms with E-state index in [0.717, 1.165) is 49.1 Å². The van der Waals surface area contributed by atoms with Crippen LogP contribution in [0.3, 0.4) is 0 Å². The summed E-state index contributed by atoms with van der Waals surface area (Å²) in [6.07, 6.45) is 3.21. The first-order valence-electron chi connectivity index (χ1n) is 11.1. The van der Waals surface area contributed by atoms with Crippen LogP contribution in [-0.2, 0) is 4.74 Å². The van der Waals surface area contributed by atoms with Crippen molar-refractivity contribution in [1.82, 2.24) is 9.97 Å². The highest BCUT2D eigenvalue weighted by molar-refractivity contribution is 6.10. The Hall–Kier alpha value is -4.31. The maximum atomic E-state index is 14.3. The van der Waals surface area contributed by atoms with Crippen molar-refractivity contribution in [2.24, 2.45) is 0 Å². The second-order valence-electron chi connectivity index (χ2n) is 8.20. The molecule has 4 aromatic rings. The average molecular weight is 492 g/mol. The summed E-state index contributed by atoms with van der Waals surface area (Å²) in [4.78, 5) is 36.3. The molecular weight excluding hydrogens is 473 g/mol. The Bertz CT molecular complexity index is 1490. The van der Waals surface area contributed by atoms with Gasteiger partial charge in [-0.25, -0.2) is 13.2 Å². The van der Waals surface area contributed by atoms with E-state index in [1.54, 1.807) is 12.3 Å². The largest absolute Gasteiger partial charge is 0.378 e. The molecule has 0 saturated carbocycles. The third kappa shape index (κ3) is 4.89. The van der Waals surface area contributed by atoms with E-state index in [1.165, 1.54) is 12.3 Å². The molecule has 182 valence electrons. The van der Waals surface area contributed by atoms with E-state index in [0.29, 0.717) is 24.1 Å². The number of morpholine rings is 1. The van der Waals surface area contributed by atoms with Crippen molar-refractivity contribution >= 4 is 34.0 Å². The Labute approximate surface area is 203 Å². The number of fused-ring (bicyclic) bond motifs is 1. The summed E-state index contributed by atoms with van der Waals surface area (Å²) >= 11 is 0. The minimum Gasteiger partial charge on any atom is -0.378 e. The van der Waals surface area contributed by atoms with Crippen molar-refractivity contribution in [2.75, 3.05) is 36.5 Å². The van der Waals surface area contributed by atoms with Gasteiger partial charge in [0.05, 0.1) is 36.8 Å². The molecule has 3 heterocycles. The molecule has 1 aliphatic rings. The minimum absolute atomic E-state index is 0.0230. The number of hydrogen-bond acceptors (Lipinski definition) is 6. The molecule has 1 aliphatic heterocycles. The summed E-state index contributed by atoms with van der Waals surface area (Å²) < 4.78 is 46.3. The Balaban J connectivity index is 1.41. The van der Waals surface area contributed by atoms with Gasteiger partial charge in [-0.2, -0.15) is 0 Å². The molecule has 2 aromatic heterocycles. The SMILES string of the molecule is O=C(Nc1cc(F)cc(C(=O)c2cc3cc(N4CCOCC4)cnc3cn2)c1)c1ccc(F)c(F)c1. The lowest BCUT2D eigenvalue weighted by Gasteiger charge is -2.28. The highest BCUT2D eigenvalue weighted by atomic mass is 19.2. The zero-order valence-electron chi connectivity index (χ0n) is 18.8. The molecule has 0 bridgehead atoms. The van der Waals surface area contributed by atoms with Gasteiger partial charge in [0.2, 0.25) is 5.78 Å². The molecule has 0 aliphatic carbocycles. The average Bonchev–Trinajstić information content (AvgIpc) is 2.89. The maximum absolute atomic E-state index is 14.3. The Kier molecular flexibility index (Phi) is 6.34.